The smallest absolute Gasteiger partial charge is 0.407 e. The van der Waals surface area contributed by atoms with E-state index in [4.69, 9.17) is 0 Å². The van der Waals surface area contributed by atoms with Gasteiger partial charge in [-0.05, 0) is 36.2 Å². The molecule has 4 heteroatoms. The molecule has 1 saturated carbocycles. The Kier molecular flexibility index (Phi) is 4.15. The van der Waals surface area contributed by atoms with Gasteiger partial charge in [0, 0.05) is 19.6 Å². The predicted molar refractivity (Wildman–Crippen MR) is 82.0 cm³/mol. The van der Waals surface area contributed by atoms with Gasteiger partial charge in [-0.2, -0.15) is 0 Å². The van der Waals surface area contributed by atoms with Crippen molar-refractivity contribution in [1.29, 1.82) is 0 Å². The lowest BCUT2D eigenvalue weighted by Gasteiger charge is -2.26. The summed E-state index contributed by atoms with van der Waals surface area (Å²) in [6.07, 6.45) is 1.60. The Bertz CT molecular complexity index is 491. The normalized spacial score (nSPS) is 31.4. The Hall–Kier alpha value is -1.55. The highest BCUT2D eigenvalue weighted by Crippen LogP contribution is 2.44. The number of rotatable bonds is 4. The largest absolute Gasteiger partial charge is 0.465 e. The summed E-state index contributed by atoms with van der Waals surface area (Å²) in [5, 5.41) is 12.9. The van der Waals surface area contributed by atoms with E-state index < -0.39 is 6.09 Å². The number of fused-ring (bicyclic) bond motifs is 1. The number of carboxylic acid groups (broad SMARTS) is 1. The Morgan fingerprint density at radius 2 is 2.10 bits per heavy atom. The minimum atomic E-state index is -0.761. The van der Waals surface area contributed by atoms with Crippen molar-refractivity contribution < 1.29 is 9.90 Å². The number of amides is 1. The summed E-state index contributed by atoms with van der Waals surface area (Å²) in [6, 6.07) is 10.4. The molecule has 0 aromatic heterocycles. The van der Waals surface area contributed by atoms with Crippen LogP contribution < -0.4 is 5.32 Å². The minimum absolute atomic E-state index is 0.140. The summed E-state index contributed by atoms with van der Waals surface area (Å²) in [4.78, 5) is 13.1. The van der Waals surface area contributed by atoms with Crippen molar-refractivity contribution in [2.45, 2.75) is 32.4 Å². The van der Waals surface area contributed by atoms with Crippen LogP contribution in [0.1, 0.15) is 25.3 Å². The zero-order chi connectivity index (χ0) is 14.8. The molecule has 2 fully saturated rings. The molecule has 1 aromatic carbocycles. The predicted octanol–water partition coefficient (Wildman–Crippen LogP) is 2.80. The molecule has 1 amide bonds. The summed E-state index contributed by atoms with van der Waals surface area (Å²) in [5.41, 5.74) is 1.24. The Morgan fingerprint density at radius 1 is 1.33 bits per heavy atom. The third-order valence-corrected chi connectivity index (χ3v) is 5.08. The first-order valence-corrected chi connectivity index (χ1v) is 7.89. The third-order valence-electron chi connectivity index (χ3n) is 5.08. The van der Waals surface area contributed by atoms with Gasteiger partial charge in [0.05, 0.1) is 6.04 Å². The SMILES string of the molecule is CC1C[C@H]2CN(C(=O)O)[C@H](CNCc3ccccc3)[C@H]2C1. The summed E-state index contributed by atoms with van der Waals surface area (Å²) < 4.78 is 0. The van der Waals surface area contributed by atoms with Crippen LogP contribution in [0.5, 0.6) is 0 Å². The van der Waals surface area contributed by atoms with Crippen LogP contribution in [0, 0.1) is 17.8 Å². The van der Waals surface area contributed by atoms with E-state index in [2.05, 4.69) is 24.4 Å². The highest BCUT2D eigenvalue weighted by molar-refractivity contribution is 5.66. The summed E-state index contributed by atoms with van der Waals surface area (Å²) in [7, 11) is 0. The molecule has 4 nitrogen and oxygen atoms in total. The van der Waals surface area contributed by atoms with Crippen molar-refractivity contribution >= 4 is 6.09 Å². The maximum atomic E-state index is 11.5. The van der Waals surface area contributed by atoms with Crippen LogP contribution in [-0.4, -0.2) is 35.2 Å². The lowest BCUT2D eigenvalue weighted by Crippen LogP contribution is -2.43. The molecule has 1 saturated heterocycles. The van der Waals surface area contributed by atoms with Crippen molar-refractivity contribution in [2.24, 2.45) is 17.8 Å². The number of nitrogens with one attached hydrogen (secondary N) is 1. The van der Waals surface area contributed by atoms with Crippen LogP contribution in [0.25, 0.3) is 0 Å². The number of nitrogens with zero attached hydrogens (tertiary/aromatic N) is 1. The van der Waals surface area contributed by atoms with Crippen molar-refractivity contribution in [3.8, 4) is 0 Å². The standard InChI is InChI=1S/C17H24N2O2/c1-12-7-14-11-19(17(20)21)16(15(14)8-12)10-18-9-13-5-3-2-4-6-13/h2-6,12,14-16,18H,7-11H2,1H3,(H,20,21)/t12?,14-,15-,16+/m0/s1. The number of benzene rings is 1. The van der Waals surface area contributed by atoms with E-state index in [1.165, 1.54) is 18.4 Å². The first-order chi connectivity index (χ1) is 10.1. The second-order valence-electron chi connectivity index (χ2n) is 6.62. The second kappa shape index (κ2) is 6.06. The maximum absolute atomic E-state index is 11.5. The fourth-order valence-electron chi connectivity index (χ4n) is 4.19. The van der Waals surface area contributed by atoms with Gasteiger partial charge in [-0.1, -0.05) is 37.3 Å². The van der Waals surface area contributed by atoms with E-state index in [1.807, 2.05) is 18.2 Å². The Labute approximate surface area is 126 Å². The van der Waals surface area contributed by atoms with Crippen LogP contribution in [-0.2, 0) is 6.54 Å². The van der Waals surface area contributed by atoms with Gasteiger partial charge in [-0.25, -0.2) is 4.79 Å². The first-order valence-electron chi connectivity index (χ1n) is 7.89. The van der Waals surface area contributed by atoms with Gasteiger partial charge in [-0.3, -0.25) is 0 Å². The van der Waals surface area contributed by atoms with Gasteiger partial charge in [0.15, 0.2) is 0 Å². The summed E-state index contributed by atoms with van der Waals surface area (Å²) in [5.74, 6) is 1.85. The fraction of sp³-hybridized carbons (Fsp3) is 0.588. The molecule has 1 aliphatic heterocycles. The van der Waals surface area contributed by atoms with Crippen LogP contribution in [0.15, 0.2) is 30.3 Å². The molecule has 0 radical (unpaired) electrons. The van der Waals surface area contributed by atoms with Crippen molar-refractivity contribution in [3.05, 3.63) is 35.9 Å². The zero-order valence-corrected chi connectivity index (χ0v) is 12.5. The highest BCUT2D eigenvalue weighted by atomic mass is 16.4. The van der Waals surface area contributed by atoms with E-state index in [0.717, 1.165) is 25.6 Å². The molecular formula is C17H24N2O2. The molecular weight excluding hydrogens is 264 g/mol. The van der Waals surface area contributed by atoms with Gasteiger partial charge >= 0.3 is 6.09 Å². The Balaban J connectivity index is 1.60. The third kappa shape index (κ3) is 3.05. The van der Waals surface area contributed by atoms with Gasteiger partial charge in [0.1, 0.15) is 0 Å². The molecule has 1 heterocycles. The highest BCUT2D eigenvalue weighted by Gasteiger charge is 2.47. The number of hydrogen-bond acceptors (Lipinski definition) is 2. The van der Waals surface area contributed by atoms with Gasteiger partial charge in [0.2, 0.25) is 0 Å². The summed E-state index contributed by atoms with van der Waals surface area (Å²) in [6.45, 7) is 4.58. The zero-order valence-electron chi connectivity index (χ0n) is 12.5. The van der Waals surface area contributed by atoms with Crippen molar-refractivity contribution in [2.75, 3.05) is 13.1 Å². The second-order valence-corrected chi connectivity index (χ2v) is 6.62. The maximum Gasteiger partial charge on any atom is 0.407 e. The lowest BCUT2D eigenvalue weighted by atomic mass is 9.94. The molecule has 0 bridgehead atoms. The van der Waals surface area contributed by atoms with Crippen LogP contribution in [0.3, 0.4) is 0 Å². The van der Waals surface area contributed by atoms with Crippen LogP contribution >= 0.6 is 0 Å². The summed E-state index contributed by atoms with van der Waals surface area (Å²) >= 11 is 0. The molecule has 3 rings (SSSR count). The van der Waals surface area contributed by atoms with Gasteiger partial charge in [0.25, 0.3) is 0 Å². The molecule has 1 aromatic rings. The lowest BCUT2D eigenvalue weighted by molar-refractivity contribution is 0.131. The number of likely N-dealkylation sites (tertiary alicyclic amines) is 1. The van der Waals surface area contributed by atoms with Gasteiger partial charge < -0.3 is 15.3 Å². The molecule has 2 N–H and O–H groups in total. The number of hydrogen-bond donors (Lipinski definition) is 2. The van der Waals surface area contributed by atoms with E-state index in [-0.39, 0.29) is 6.04 Å². The molecule has 21 heavy (non-hydrogen) atoms. The van der Waals surface area contributed by atoms with Crippen LogP contribution in [0.2, 0.25) is 0 Å². The van der Waals surface area contributed by atoms with Crippen molar-refractivity contribution in [1.82, 2.24) is 10.2 Å². The van der Waals surface area contributed by atoms with Gasteiger partial charge in [-0.15, -0.1) is 0 Å². The monoisotopic (exact) mass is 288 g/mol. The number of carbonyl (C=O) groups is 1. The molecule has 114 valence electrons. The molecule has 2 aliphatic rings. The average molecular weight is 288 g/mol. The average Bonchev–Trinajstić information content (AvgIpc) is 2.97. The molecule has 4 atom stereocenters. The van der Waals surface area contributed by atoms with E-state index in [0.29, 0.717) is 11.8 Å². The fourth-order valence-corrected chi connectivity index (χ4v) is 4.19. The molecule has 1 unspecified atom stereocenters. The minimum Gasteiger partial charge on any atom is -0.465 e. The molecule has 1 aliphatic carbocycles. The Morgan fingerprint density at radius 3 is 2.81 bits per heavy atom. The van der Waals surface area contributed by atoms with E-state index in [9.17, 15) is 9.90 Å². The molecule has 0 spiro atoms. The van der Waals surface area contributed by atoms with Crippen LogP contribution in [0.4, 0.5) is 4.79 Å². The quantitative estimate of drug-likeness (QED) is 0.895. The van der Waals surface area contributed by atoms with Crippen molar-refractivity contribution in [3.63, 3.8) is 0 Å². The topological polar surface area (TPSA) is 52.6 Å². The van der Waals surface area contributed by atoms with E-state index >= 15 is 0 Å². The first kappa shape index (κ1) is 14.4. The van der Waals surface area contributed by atoms with E-state index in [1.54, 1.807) is 4.90 Å².